The fourth-order valence-electron chi connectivity index (χ4n) is 1.71. The second kappa shape index (κ2) is 3.75. The Hall–Kier alpha value is -2.07. The highest BCUT2D eigenvalue weighted by Crippen LogP contribution is 2.22. The van der Waals surface area contributed by atoms with Crippen molar-refractivity contribution in [2.75, 3.05) is 5.73 Å². The largest absolute Gasteiger partial charge is 0.384 e. The van der Waals surface area contributed by atoms with E-state index in [0.717, 1.165) is 16.9 Å². The molecular weight excluding hydrogens is 236 g/mol. The summed E-state index contributed by atoms with van der Waals surface area (Å²) in [7, 11) is 0. The zero-order chi connectivity index (χ0) is 11.8. The van der Waals surface area contributed by atoms with Crippen molar-refractivity contribution in [3.05, 3.63) is 47.6 Å². The van der Waals surface area contributed by atoms with Crippen molar-refractivity contribution < 1.29 is 0 Å². The lowest BCUT2D eigenvalue weighted by atomic mass is 10.1. The first-order valence-corrected chi connectivity index (χ1v) is 5.48. The monoisotopic (exact) mass is 244 g/mol. The third kappa shape index (κ3) is 1.72. The maximum Gasteiger partial charge on any atom is 0.157 e. The Kier molecular flexibility index (Phi) is 2.23. The minimum atomic E-state index is 0.560. The van der Waals surface area contributed by atoms with E-state index in [9.17, 15) is 0 Å². The number of nitrogens with zero attached hydrogens (tertiary/aromatic N) is 3. The van der Waals surface area contributed by atoms with Crippen LogP contribution in [-0.4, -0.2) is 14.6 Å². The Labute approximate surface area is 103 Å². The lowest BCUT2D eigenvalue weighted by molar-refractivity contribution is 0.954. The van der Waals surface area contributed by atoms with Gasteiger partial charge >= 0.3 is 0 Å². The standard InChI is InChI=1S/C12H9ClN4/c13-9-3-1-8(2-4-9)10-7-11(14)17-12(16-10)5-6-15-17/h1-7H,14H2. The molecule has 5 heteroatoms. The summed E-state index contributed by atoms with van der Waals surface area (Å²) < 4.78 is 1.60. The highest BCUT2D eigenvalue weighted by molar-refractivity contribution is 6.30. The second-order valence-corrected chi connectivity index (χ2v) is 4.11. The highest BCUT2D eigenvalue weighted by Gasteiger charge is 2.05. The molecular formula is C12H9ClN4. The molecule has 1 aromatic carbocycles. The van der Waals surface area contributed by atoms with Crippen LogP contribution >= 0.6 is 11.6 Å². The van der Waals surface area contributed by atoms with Crippen LogP contribution in [0.15, 0.2) is 42.6 Å². The third-order valence-corrected chi connectivity index (χ3v) is 2.78. The van der Waals surface area contributed by atoms with Crippen LogP contribution in [0.25, 0.3) is 16.9 Å². The van der Waals surface area contributed by atoms with Crippen LogP contribution in [0.2, 0.25) is 5.02 Å². The molecule has 0 amide bonds. The van der Waals surface area contributed by atoms with Gasteiger partial charge in [-0.15, -0.1) is 0 Å². The smallest absolute Gasteiger partial charge is 0.157 e. The summed E-state index contributed by atoms with van der Waals surface area (Å²) in [6.45, 7) is 0. The predicted octanol–water partition coefficient (Wildman–Crippen LogP) is 2.63. The molecule has 0 unspecified atom stereocenters. The molecule has 3 aromatic rings. The van der Waals surface area contributed by atoms with Gasteiger partial charge in [0.25, 0.3) is 0 Å². The SMILES string of the molecule is Nc1cc(-c2ccc(Cl)cc2)nc2ccnn12. The van der Waals surface area contributed by atoms with Gasteiger partial charge in [-0.25, -0.2) is 4.98 Å². The quantitative estimate of drug-likeness (QED) is 0.716. The molecule has 2 aromatic heterocycles. The Morgan fingerprint density at radius 1 is 1.12 bits per heavy atom. The minimum Gasteiger partial charge on any atom is -0.384 e. The van der Waals surface area contributed by atoms with Crippen molar-refractivity contribution in [2.24, 2.45) is 0 Å². The Morgan fingerprint density at radius 3 is 2.65 bits per heavy atom. The van der Waals surface area contributed by atoms with E-state index in [-0.39, 0.29) is 0 Å². The van der Waals surface area contributed by atoms with E-state index >= 15 is 0 Å². The summed E-state index contributed by atoms with van der Waals surface area (Å²) in [5.41, 5.74) is 8.42. The number of nitrogen functional groups attached to an aromatic ring is 1. The van der Waals surface area contributed by atoms with E-state index in [1.165, 1.54) is 0 Å². The summed E-state index contributed by atoms with van der Waals surface area (Å²) in [5, 5.41) is 4.78. The molecule has 0 saturated carbocycles. The fraction of sp³-hybridized carbons (Fsp3) is 0. The lowest BCUT2D eigenvalue weighted by Gasteiger charge is -2.04. The molecule has 17 heavy (non-hydrogen) atoms. The number of aromatic nitrogens is 3. The number of halogens is 1. The molecule has 3 rings (SSSR count). The maximum absolute atomic E-state index is 5.90. The van der Waals surface area contributed by atoms with Gasteiger partial charge in [0.1, 0.15) is 5.82 Å². The molecule has 0 fully saturated rings. The summed E-state index contributed by atoms with van der Waals surface area (Å²) in [4.78, 5) is 4.47. The zero-order valence-electron chi connectivity index (χ0n) is 8.84. The van der Waals surface area contributed by atoms with E-state index < -0.39 is 0 Å². The Bertz CT molecular complexity index is 673. The molecule has 0 spiro atoms. The van der Waals surface area contributed by atoms with Crippen molar-refractivity contribution in [1.29, 1.82) is 0 Å². The number of fused-ring (bicyclic) bond motifs is 1. The van der Waals surface area contributed by atoms with E-state index in [1.807, 2.05) is 30.3 Å². The fourth-order valence-corrected chi connectivity index (χ4v) is 1.83. The molecule has 0 saturated heterocycles. The lowest BCUT2D eigenvalue weighted by Crippen LogP contribution is -2.00. The van der Waals surface area contributed by atoms with Gasteiger partial charge in [-0.3, -0.25) is 0 Å². The van der Waals surface area contributed by atoms with Crippen molar-refractivity contribution in [1.82, 2.24) is 14.6 Å². The van der Waals surface area contributed by atoms with Crippen molar-refractivity contribution >= 4 is 23.1 Å². The Balaban J connectivity index is 2.20. The van der Waals surface area contributed by atoms with E-state index in [1.54, 1.807) is 16.8 Å². The van der Waals surface area contributed by atoms with E-state index in [4.69, 9.17) is 17.3 Å². The van der Waals surface area contributed by atoms with Gasteiger partial charge in [-0.2, -0.15) is 9.61 Å². The first-order valence-electron chi connectivity index (χ1n) is 5.10. The van der Waals surface area contributed by atoms with Crippen molar-refractivity contribution in [3.63, 3.8) is 0 Å². The van der Waals surface area contributed by atoms with Gasteiger partial charge in [0.2, 0.25) is 0 Å². The number of nitrogens with two attached hydrogens (primary N) is 1. The molecule has 4 nitrogen and oxygen atoms in total. The maximum atomic E-state index is 5.90. The third-order valence-electron chi connectivity index (χ3n) is 2.53. The Morgan fingerprint density at radius 2 is 1.88 bits per heavy atom. The molecule has 0 radical (unpaired) electrons. The predicted molar refractivity (Wildman–Crippen MR) is 67.8 cm³/mol. The number of anilines is 1. The first-order chi connectivity index (χ1) is 8.24. The molecule has 0 bridgehead atoms. The summed E-state index contributed by atoms with van der Waals surface area (Å²) in [6, 6.07) is 11.1. The molecule has 2 N–H and O–H groups in total. The van der Waals surface area contributed by atoms with Crippen LogP contribution < -0.4 is 5.73 Å². The topological polar surface area (TPSA) is 56.2 Å². The second-order valence-electron chi connectivity index (χ2n) is 3.67. The normalized spacial score (nSPS) is 10.9. The van der Waals surface area contributed by atoms with Crippen LogP contribution in [0, 0.1) is 0 Å². The average molecular weight is 245 g/mol. The van der Waals surface area contributed by atoms with Crippen molar-refractivity contribution in [3.8, 4) is 11.3 Å². The van der Waals surface area contributed by atoms with Crippen LogP contribution in [0.1, 0.15) is 0 Å². The van der Waals surface area contributed by atoms with Crippen LogP contribution in [-0.2, 0) is 0 Å². The van der Waals surface area contributed by atoms with Gasteiger partial charge in [-0.1, -0.05) is 23.7 Å². The van der Waals surface area contributed by atoms with Gasteiger partial charge in [0.15, 0.2) is 5.65 Å². The summed E-state index contributed by atoms with van der Waals surface area (Å²) >= 11 is 5.85. The van der Waals surface area contributed by atoms with Gasteiger partial charge in [0.05, 0.1) is 11.9 Å². The molecule has 0 aliphatic rings. The molecule has 2 heterocycles. The number of hydrogen-bond acceptors (Lipinski definition) is 3. The van der Waals surface area contributed by atoms with Crippen LogP contribution in [0.3, 0.4) is 0 Å². The number of hydrogen-bond donors (Lipinski definition) is 1. The molecule has 0 atom stereocenters. The van der Waals surface area contributed by atoms with Crippen LogP contribution in [0.5, 0.6) is 0 Å². The molecule has 0 aliphatic carbocycles. The van der Waals surface area contributed by atoms with Gasteiger partial charge in [0, 0.05) is 22.7 Å². The molecule has 0 aliphatic heterocycles. The molecule has 84 valence electrons. The van der Waals surface area contributed by atoms with E-state index in [2.05, 4.69) is 10.1 Å². The average Bonchev–Trinajstić information content (AvgIpc) is 2.78. The van der Waals surface area contributed by atoms with Crippen LogP contribution in [0.4, 0.5) is 5.82 Å². The summed E-state index contributed by atoms with van der Waals surface area (Å²) in [6.07, 6.45) is 1.67. The van der Waals surface area contributed by atoms with E-state index in [0.29, 0.717) is 10.8 Å². The summed E-state index contributed by atoms with van der Waals surface area (Å²) in [5.74, 6) is 0.560. The number of benzene rings is 1. The van der Waals surface area contributed by atoms with Gasteiger partial charge in [-0.05, 0) is 12.1 Å². The number of rotatable bonds is 1. The highest BCUT2D eigenvalue weighted by atomic mass is 35.5. The van der Waals surface area contributed by atoms with Gasteiger partial charge < -0.3 is 5.73 Å². The first kappa shape index (κ1) is 10.1. The zero-order valence-corrected chi connectivity index (χ0v) is 9.59. The van der Waals surface area contributed by atoms with Crippen molar-refractivity contribution in [2.45, 2.75) is 0 Å². The minimum absolute atomic E-state index is 0.560.